The number of benzene rings is 1. The standard InChI is InChI=1S/C17H21N3O3S/c1-10(2)23-14-7-6-13(8-15(14)22-5)9-18-20-17(21)16-11(3)19-12(4)24-16/h6-10H,1-5H3,(H,20,21)/b18-9+. The molecule has 0 atom stereocenters. The summed E-state index contributed by atoms with van der Waals surface area (Å²) in [6.45, 7) is 7.58. The lowest BCUT2D eigenvalue weighted by Crippen LogP contribution is -2.17. The summed E-state index contributed by atoms with van der Waals surface area (Å²) >= 11 is 1.35. The molecule has 0 fully saturated rings. The maximum atomic E-state index is 12.1. The van der Waals surface area contributed by atoms with Crippen molar-refractivity contribution < 1.29 is 14.3 Å². The number of nitrogens with one attached hydrogen (secondary N) is 1. The summed E-state index contributed by atoms with van der Waals surface area (Å²) in [4.78, 5) is 16.9. The second-order valence-corrected chi connectivity index (χ2v) is 6.63. The molecule has 6 nitrogen and oxygen atoms in total. The van der Waals surface area contributed by atoms with Crippen LogP contribution in [-0.2, 0) is 0 Å². The number of amides is 1. The highest BCUT2D eigenvalue weighted by Gasteiger charge is 2.12. The fourth-order valence-electron chi connectivity index (χ4n) is 2.07. The van der Waals surface area contributed by atoms with Crippen LogP contribution in [0.5, 0.6) is 11.5 Å². The topological polar surface area (TPSA) is 72.8 Å². The van der Waals surface area contributed by atoms with E-state index in [1.165, 1.54) is 11.3 Å². The molecule has 1 N–H and O–H groups in total. The van der Waals surface area contributed by atoms with Crippen molar-refractivity contribution in [2.75, 3.05) is 7.11 Å². The molecule has 2 rings (SSSR count). The van der Waals surface area contributed by atoms with Crippen molar-refractivity contribution >= 4 is 23.5 Å². The SMILES string of the molecule is COc1cc(/C=N/NC(=O)c2sc(C)nc2C)ccc1OC(C)C. The van der Waals surface area contributed by atoms with Gasteiger partial charge in [-0.2, -0.15) is 5.10 Å². The Morgan fingerprint density at radius 3 is 2.67 bits per heavy atom. The minimum Gasteiger partial charge on any atom is -0.493 e. The second-order valence-electron chi connectivity index (χ2n) is 5.42. The molecule has 1 amide bonds. The van der Waals surface area contributed by atoms with E-state index in [2.05, 4.69) is 15.5 Å². The number of methoxy groups -OCH3 is 1. The first kappa shape index (κ1) is 17.9. The van der Waals surface area contributed by atoms with Crippen LogP contribution in [0.3, 0.4) is 0 Å². The molecule has 0 aliphatic heterocycles. The summed E-state index contributed by atoms with van der Waals surface area (Å²) in [5.41, 5.74) is 4.02. The number of thiazole rings is 1. The van der Waals surface area contributed by atoms with Gasteiger partial charge in [0.25, 0.3) is 5.91 Å². The lowest BCUT2D eigenvalue weighted by molar-refractivity contribution is 0.0958. The Morgan fingerprint density at radius 1 is 1.33 bits per heavy atom. The molecular formula is C17H21N3O3S. The Kier molecular flexibility index (Phi) is 5.92. The lowest BCUT2D eigenvalue weighted by atomic mass is 10.2. The molecule has 0 unspecified atom stereocenters. The Bertz CT molecular complexity index is 754. The Balaban J connectivity index is 2.06. The van der Waals surface area contributed by atoms with Gasteiger partial charge in [-0.25, -0.2) is 10.4 Å². The number of aryl methyl sites for hydroxylation is 2. The van der Waals surface area contributed by atoms with Crippen LogP contribution in [-0.4, -0.2) is 30.3 Å². The highest BCUT2D eigenvalue weighted by molar-refractivity contribution is 7.13. The zero-order valence-electron chi connectivity index (χ0n) is 14.4. The molecular weight excluding hydrogens is 326 g/mol. The average Bonchev–Trinajstić information content (AvgIpc) is 2.86. The molecule has 0 radical (unpaired) electrons. The highest BCUT2D eigenvalue weighted by atomic mass is 32.1. The zero-order valence-corrected chi connectivity index (χ0v) is 15.2. The zero-order chi connectivity index (χ0) is 17.7. The number of hydrogen-bond donors (Lipinski definition) is 1. The van der Waals surface area contributed by atoms with Crippen molar-refractivity contribution in [3.63, 3.8) is 0 Å². The van der Waals surface area contributed by atoms with Gasteiger partial charge in [-0.05, 0) is 51.5 Å². The summed E-state index contributed by atoms with van der Waals surface area (Å²) in [5, 5.41) is 4.85. The van der Waals surface area contributed by atoms with Crippen molar-refractivity contribution in [3.8, 4) is 11.5 Å². The van der Waals surface area contributed by atoms with Crippen molar-refractivity contribution in [3.05, 3.63) is 39.3 Å². The molecule has 1 aromatic heterocycles. The fourth-order valence-corrected chi connectivity index (χ4v) is 2.88. The Hall–Kier alpha value is -2.41. The van der Waals surface area contributed by atoms with Crippen LogP contribution in [0.1, 0.15) is 39.8 Å². The number of hydrazone groups is 1. The van der Waals surface area contributed by atoms with E-state index in [-0.39, 0.29) is 12.0 Å². The molecule has 7 heteroatoms. The van der Waals surface area contributed by atoms with E-state index in [1.54, 1.807) is 26.3 Å². The van der Waals surface area contributed by atoms with Crippen molar-refractivity contribution in [1.82, 2.24) is 10.4 Å². The number of aromatic nitrogens is 1. The molecule has 0 saturated carbocycles. The van der Waals surface area contributed by atoms with Gasteiger partial charge in [0.15, 0.2) is 11.5 Å². The Labute approximate surface area is 145 Å². The second kappa shape index (κ2) is 7.92. The summed E-state index contributed by atoms with van der Waals surface area (Å²) in [6, 6.07) is 5.46. The van der Waals surface area contributed by atoms with Crippen molar-refractivity contribution in [2.45, 2.75) is 33.8 Å². The normalized spacial score (nSPS) is 11.1. The minimum absolute atomic E-state index is 0.0591. The third kappa shape index (κ3) is 4.55. The number of hydrogen-bond acceptors (Lipinski definition) is 6. The van der Waals surface area contributed by atoms with Gasteiger partial charge in [-0.15, -0.1) is 11.3 Å². The van der Waals surface area contributed by atoms with Crippen molar-refractivity contribution in [1.29, 1.82) is 0 Å². The summed E-state index contributed by atoms with van der Waals surface area (Å²) in [5.74, 6) is 1.03. The first-order chi connectivity index (χ1) is 11.4. The summed E-state index contributed by atoms with van der Waals surface area (Å²) in [7, 11) is 1.58. The maximum absolute atomic E-state index is 12.1. The fraction of sp³-hybridized carbons (Fsp3) is 0.353. The van der Waals surface area contributed by atoms with E-state index in [4.69, 9.17) is 9.47 Å². The molecule has 0 bridgehead atoms. The van der Waals surface area contributed by atoms with Crippen LogP contribution in [0.4, 0.5) is 0 Å². The molecule has 0 aliphatic carbocycles. The lowest BCUT2D eigenvalue weighted by Gasteiger charge is -2.13. The predicted octanol–water partition coefficient (Wildman–Crippen LogP) is 3.32. The van der Waals surface area contributed by atoms with E-state index < -0.39 is 0 Å². The number of carbonyl (C=O) groups is 1. The molecule has 1 aromatic carbocycles. The van der Waals surface area contributed by atoms with Gasteiger partial charge >= 0.3 is 0 Å². The number of carbonyl (C=O) groups excluding carboxylic acids is 1. The van der Waals surface area contributed by atoms with E-state index in [9.17, 15) is 4.79 Å². The van der Waals surface area contributed by atoms with Crippen LogP contribution >= 0.6 is 11.3 Å². The minimum atomic E-state index is -0.263. The average molecular weight is 347 g/mol. The smallest absolute Gasteiger partial charge is 0.283 e. The van der Waals surface area contributed by atoms with Gasteiger partial charge in [0, 0.05) is 0 Å². The van der Waals surface area contributed by atoms with Gasteiger partial charge in [-0.3, -0.25) is 4.79 Å². The van der Waals surface area contributed by atoms with Crippen LogP contribution < -0.4 is 14.9 Å². The third-order valence-corrected chi connectivity index (χ3v) is 4.11. The van der Waals surface area contributed by atoms with E-state index >= 15 is 0 Å². The van der Waals surface area contributed by atoms with Crippen LogP contribution in [0.2, 0.25) is 0 Å². The number of nitrogens with zero attached hydrogens (tertiary/aromatic N) is 2. The van der Waals surface area contributed by atoms with Gasteiger partial charge < -0.3 is 9.47 Å². The van der Waals surface area contributed by atoms with E-state index in [0.717, 1.165) is 10.6 Å². The van der Waals surface area contributed by atoms with Crippen LogP contribution in [0.25, 0.3) is 0 Å². The van der Waals surface area contributed by atoms with Gasteiger partial charge in [0.1, 0.15) is 4.88 Å². The van der Waals surface area contributed by atoms with Gasteiger partial charge in [0.05, 0.1) is 30.1 Å². The van der Waals surface area contributed by atoms with Crippen LogP contribution in [0, 0.1) is 13.8 Å². The molecule has 0 saturated heterocycles. The molecule has 24 heavy (non-hydrogen) atoms. The summed E-state index contributed by atoms with van der Waals surface area (Å²) in [6.07, 6.45) is 1.62. The molecule has 0 spiro atoms. The third-order valence-electron chi connectivity index (χ3n) is 3.04. The maximum Gasteiger partial charge on any atom is 0.283 e. The number of ether oxygens (including phenoxy) is 2. The molecule has 128 valence electrons. The molecule has 0 aliphatic rings. The largest absolute Gasteiger partial charge is 0.493 e. The van der Waals surface area contributed by atoms with E-state index in [0.29, 0.717) is 22.1 Å². The first-order valence-electron chi connectivity index (χ1n) is 7.53. The van der Waals surface area contributed by atoms with E-state index in [1.807, 2.05) is 32.9 Å². The monoisotopic (exact) mass is 347 g/mol. The molecule has 1 heterocycles. The Morgan fingerprint density at radius 2 is 2.08 bits per heavy atom. The first-order valence-corrected chi connectivity index (χ1v) is 8.34. The van der Waals surface area contributed by atoms with Gasteiger partial charge in [-0.1, -0.05) is 0 Å². The predicted molar refractivity (Wildman–Crippen MR) is 95.4 cm³/mol. The highest BCUT2D eigenvalue weighted by Crippen LogP contribution is 2.28. The van der Waals surface area contributed by atoms with Crippen molar-refractivity contribution in [2.24, 2.45) is 5.10 Å². The number of rotatable bonds is 6. The van der Waals surface area contributed by atoms with Crippen LogP contribution in [0.15, 0.2) is 23.3 Å². The van der Waals surface area contributed by atoms with Gasteiger partial charge in [0.2, 0.25) is 0 Å². The summed E-state index contributed by atoms with van der Waals surface area (Å²) < 4.78 is 11.0. The molecule has 2 aromatic rings. The quantitative estimate of drug-likeness (QED) is 0.643.